The van der Waals surface area contributed by atoms with Crippen molar-refractivity contribution < 1.29 is 14.3 Å². The molecule has 1 aliphatic rings. The first-order valence-electron chi connectivity index (χ1n) is 9.38. The van der Waals surface area contributed by atoms with Crippen molar-refractivity contribution in [3.05, 3.63) is 29.3 Å². The number of hydrogen-bond acceptors (Lipinski definition) is 3. The molecule has 1 aromatic rings. The molecule has 1 aliphatic carbocycles. The topological polar surface area (TPSA) is 35.5 Å². The minimum absolute atomic E-state index is 0.0592. The van der Waals surface area contributed by atoms with Gasteiger partial charge in [-0.1, -0.05) is 47.6 Å². The van der Waals surface area contributed by atoms with E-state index in [1.54, 1.807) is 7.11 Å². The molecule has 0 spiro atoms. The molecule has 0 saturated carbocycles. The first kappa shape index (κ1) is 19.8. The Morgan fingerprint density at radius 2 is 1.88 bits per heavy atom. The predicted octanol–water partition coefficient (Wildman–Crippen LogP) is 5.71. The molecular formula is C22H34O3. The second-order valence-corrected chi connectivity index (χ2v) is 9.57. The van der Waals surface area contributed by atoms with Gasteiger partial charge in [0.1, 0.15) is 11.9 Å². The van der Waals surface area contributed by atoms with Gasteiger partial charge in [0, 0.05) is 0 Å². The summed E-state index contributed by atoms with van der Waals surface area (Å²) in [6, 6.07) is 6.09. The van der Waals surface area contributed by atoms with Gasteiger partial charge in [-0.15, -0.1) is 0 Å². The molecule has 0 bridgehead atoms. The van der Waals surface area contributed by atoms with Crippen molar-refractivity contribution in [3.63, 3.8) is 0 Å². The Bertz CT molecular complexity index is 605. The minimum atomic E-state index is -0.132. The zero-order chi connectivity index (χ0) is 18.8. The molecule has 0 aliphatic heterocycles. The third-order valence-electron chi connectivity index (χ3n) is 5.01. The highest BCUT2D eigenvalue weighted by molar-refractivity contribution is 5.73. The SMILES string of the molecule is COc1ccc2c(c1)CCCC2OC(=O)C(CC(C)(C)C)C(C)(C)C. The van der Waals surface area contributed by atoms with Gasteiger partial charge in [-0.05, 0) is 59.8 Å². The maximum atomic E-state index is 13.0. The third kappa shape index (κ3) is 5.23. The van der Waals surface area contributed by atoms with Crippen molar-refractivity contribution in [2.24, 2.45) is 16.7 Å². The van der Waals surface area contributed by atoms with Crippen LogP contribution in [0.25, 0.3) is 0 Å². The van der Waals surface area contributed by atoms with Crippen molar-refractivity contribution in [1.29, 1.82) is 0 Å². The van der Waals surface area contributed by atoms with Gasteiger partial charge < -0.3 is 9.47 Å². The van der Waals surface area contributed by atoms with Crippen LogP contribution in [-0.4, -0.2) is 13.1 Å². The summed E-state index contributed by atoms with van der Waals surface area (Å²) in [5, 5.41) is 0. The second-order valence-electron chi connectivity index (χ2n) is 9.57. The lowest BCUT2D eigenvalue weighted by atomic mass is 9.72. The number of benzene rings is 1. The van der Waals surface area contributed by atoms with Crippen molar-refractivity contribution >= 4 is 5.97 Å². The van der Waals surface area contributed by atoms with Gasteiger partial charge in [-0.3, -0.25) is 4.79 Å². The highest BCUT2D eigenvalue weighted by atomic mass is 16.5. The molecule has 25 heavy (non-hydrogen) atoms. The summed E-state index contributed by atoms with van der Waals surface area (Å²) in [5.41, 5.74) is 2.37. The minimum Gasteiger partial charge on any atom is -0.497 e. The van der Waals surface area contributed by atoms with Gasteiger partial charge in [0.05, 0.1) is 13.0 Å². The molecule has 0 heterocycles. The Hall–Kier alpha value is -1.51. The van der Waals surface area contributed by atoms with Gasteiger partial charge in [0.15, 0.2) is 0 Å². The van der Waals surface area contributed by atoms with Crippen LogP contribution >= 0.6 is 0 Å². The number of esters is 1. The number of hydrogen-bond donors (Lipinski definition) is 0. The van der Waals surface area contributed by atoms with E-state index < -0.39 is 0 Å². The second kappa shape index (κ2) is 7.39. The van der Waals surface area contributed by atoms with Gasteiger partial charge in [0.25, 0.3) is 0 Å². The van der Waals surface area contributed by atoms with Crippen LogP contribution in [0, 0.1) is 16.7 Å². The van der Waals surface area contributed by atoms with E-state index in [0.717, 1.165) is 37.0 Å². The lowest BCUT2D eigenvalue weighted by molar-refractivity contribution is -0.160. The number of methoxy groups -OCH3 is 1. The lowest BCUT2D eigenvalue weighted by Crippen LogP contribution is -2.34. The molecule has 0 saturated heterocycles. The number of aryl methyl sites for hydroxylation is 1. The molecule has 3 heteroatoms. The van der Waals surface area contributed by atoms with Crippen molar-refractivity contribution in [1.82, 2.24) is 0 Å². The Balaban J connectivity index is 2.20. The summed E-state index contributed by atoms with van der Waals surface area (Å²) < 4.78 is 11.4. The van der Waals surface area contributed by atoms with Crippen molar-refractivity contribution in [2.75, 3.05) is 7.11 Å². The Labute approximate surface area is 153 Å². The Morgan fingerprint density at radius 3 is 2.44 bits per heavy atom. The fraction of sp³-hybridized carbons (Fsp3) is 0.682. The molecule has 0 N–H and O–H groups in total. The molecule has 0 radical (unpaired) electrons. The van der Waals surface area contributed by atoms with Crippen LogP contribution < -0.4 is 4.74 Å². The van der Waals surface area contributed by atoms with Crippen LogP contribution in [0.2, 0.25) is 0 Å². The Morgan fingerprint density at radius 1 is 1.20 bits per heavy atom. The maximum absolute atomic E-state index is 13.0. The summed E-state index contributed by atoms with van der Waals surface area (Å²) in [5.74, 6) is 0.707. The van der Waals surface area contributed by atoms with E-state index >= 15 is 0 Å². The standard InChI is InChI=1S/C22H34O3/c1-21(2,3)14-18(22(4,5)6)20(23)25-19-10-8-9-15-13-16(24-7)11-12-17(15)19/h11-13,18-19H,8-10,14H2,1-7H3. The number of carbonyl (C=O) groups is 1. The summed E-state index contributed by atoms with van der Waals surface area (Å²) in [6.07, 6.45) is 3.66. The normalized spacial score (nSPS) is 19.1. The van der Waals surface area contributed by atoms with Crippen LogP contribution in [0.5, 0.6) is 5.75 Å². The van der Waals surface area contributed by atoms with Gasteiger partial charge in [0.2, 0.25) is 0 Å². The molecule has 3 nitrogen and oxygen atoms in total. The number of ether oxygens (including phenoxy) is 2. The van der Waals surface area contributed by atoms with Crippen molar-refractivity contribution in [2.45, 2.75) is 73.3 Å². The predicted molar refractivity (Wildman–Crippen MR) is 102 cm³/mol. The highest BCUT2D eigenvalue weighted by Gasteiger charge is 2.37. The fourth-order valence-corrected chi connectivity index (χ4v) is 3.57. The molecule has 140 valence electrons. The van der Waals surface area contributed by atoms with Gasteiger partial charge in [-0.25, -0.2) is 0 Å². The fourth-order valence-electron chi connectivity index (χ4n) is 3.57. The van der Waals surface area contributed by atoms with Crippen LogP contribution in [0.15, 0.2) is 18.2 Å². The molecule has 0 fully saturated rings. The molecule has 2 atom stereocenters. The van der Waals surface area contributed by atoms with Crippen LogP contribution in [0.1, 0.15) is 78.0 Å². The number of rotatable bonds is 4. The summed E-state index contributed by atoms with van der Waals surface area (Å²) >= 11 is 0. The lowest BCUT2D eigenvalue weighted by Gasteiger charge is -2.35. The average molecular weight is 347 g/mol. The smallest absolute Gasteiger partial charge is 0.310 e. The van der Waals surface area contributed by atoms with Gasteiger partial charge >= 0.3 is 5.97 Å². The number of fused-ring (bicyclic) bond motifs is 1. The summed E-state index contributed by atoms with van der Waals surface area (Å²) in [7, 11) is 1.68. The first-order valence-corrected chi connectivity index (χ1v) is 9.38. The van der Waals surface area contributed by atoms with Crippen LogP contribution in [-0.2, 0) is 16.0 Å². The van der Waals surface area contributed by atoms with E-state index in [2.05, 4.69) is 53.7 Å². The largest absolute Gasteiger partial charge is 0.497 e. The van der Waals surface area contributed by atoms with Gasteiger partial charge in [-0.2, -0.15) is 0 Å². The van der Waals surface area contributed by atoms with Crippen molar-refractivity contribution in [3.8, 4) is 5.75 Å². The molecular weight excluding hydrogens is 312 g/mol. The quantitative estimate of drug-likeness (QED) is 0.655. The monoisotopic (exact) mass is 346 g/mol. The highest BCUT2D eigenvalue weighted by Crippen LogP contribution is 2.40. The van der Waals surface area contributed by atoms with E-state index in [-0.39, 0.29) is 28.8 Å². The van der Waals surface area contributed by atoms with E-state index in [9.17, 15) is 4.79 Å². The van der Waals surface area contributed by atoms with E-state index in [4.69, 9.17) is 9.47 Å². The van der Waals surface area contributed by atoms with E-state index in [1.807, 2.05) is 6.07 Å². The number of carbonyl (C=O) groups excluding carboxylic acids is 1. The molecule has 0 amide bonds. The zero-order valence-electron chi connectivity index (χ0n) is 16.9. The third-order valence-corrected chi connectivity index (χ3v) is 5.01. The van der Waals surface area contributed by atoms with E-state index in [0.29, 0.717) is 0 Å². The maximum Gasteiger partial charge on any atom is 0.310 e. The molecule has 2 rings (SSSR count). The summed E-state index contributed by atoms with van der Waals surface area (Å²) in [4.78, 5) is 13.0. The molecule has 1 aromatic carbocycles. The first-order chi connectivity index (χ1) is 11.5. The molecule has 2 unspecified atom stereocenters. The zero-order valence-corrected chi connectivity index (χ0v) is 16.9. The Kier molecular flexibility index (Phi) is 5.86. The van der Waals surface area contributed by atoms with Crippen LogP contribution in [0.4, 0.5) is 0 Å². The van der Waals surface area contributed by atoms with Crippen LogP contribution in [0.3, 0.4) is 0 Å². The molecule has 0 aromatic heterocycles. The summed E-state index contributed by atoms with van der Waals surface area (Å²) in [6.45, 7) is 12.9. The average Bonchev–Trinajstić information content (AvgIpc) is 2.50. The van der Waals surface area contributed by atoms with E-state index in [1.165, 1.54) is 5.56 Å².